The lowest BCUT2D eigenvalue weighted by Crippen LogP contribution is -1.96. The molecular weight excluding hydrogens is 244 g/mol. The average molecular weight is 264 g/mol. The zero-order valence-electron chi connectivity index (χ0n) is 12.3. The quantitative estimate of drug-likeness (QED) is 0.755. The lowest BCUT2D eigenvalue weighted by Gasteiger charge is -2.15. The number of benzene rings is 2. The summed E-state index contributed by atoms with van der Waals surface area (Å²) in [5.41, 5.74) is 7.19. The van der Waals surface area contributed by atoms with Crippen LogP contribution in [0.1, 0.15) is 33.4 Å². The van der Waals surface area contributed by atoms with Crippen molar-refractivity contribution in [3.05, 3.63) is 82.9 Å². The molecule has 0 amide bonds. The minimum Gasteiger partial charge on any atom is -0.508 e. The van der Waals surface area contributed by atoms with Gasteiger partial charge in [-0.3, -0.25) is 0 Å². The van der Waals surface area contributed by atoms with Gasteiger partial charge in [0, 0.05) is 5.56 Å². The molecule has 20 heavy (non-hydrogen) atoms. The molecule has 2 aromatic carbocycles. The molecule has 0 unspecified atom stereocenters. The van der Waals surface area contributed by atoms with Crippen molar-refractivity contribution < 1.29 is 5.11 Å². The molecule has 102 valence electrons. The van der Waals surface area contributed by atoms with Crippen molar-refractivity contribution in [1.82, 2.24) is 0 Å². The maximum atomic E-state index is 9.80. The summed E-state index contributed by atoms with van der Waals surface area (Å²) in [4.78, 5) is 0. The maximum absolute atomic E-state index is 9.80. The van der Waals surface area contributed by atoms with E-state index in [0.29, 0.717) is 0 Å². The van der Waals surface area contributed by atoms with Gasteiger partial charge in [-0.05, 0) is 49.1 Å². The third kappa shape index (κ3) is 2.67. The molecule has 0 aromatic heterocycles. The molecule has 0 radical (unpaired) electrons. The van der Waals surface area contributed by atoms with E-state index < -0.39 is 0 Å². The number of aliphatic hydroxyl groups excluding tert-OH is 1. The third-order valence-electron chi connectivity index (χ3n) is 3.52. The fourth-order valence-electron chi connectivity index (χ4n) is 2.46. The lowest BCUT2D eigenvalue weighted by atomic mass is 9.90. The highest BCUT2D eigenvalue weighted by atomic mass is 16.3. The molecule has 0 fully saturated rings. The standard InChI is InChI=1S/C19H20O/c1-12-6-8-17(14(3)10-12)15(4)18-9-7-13(2)11-19(18)16(5)20/h6-11,20H,4-5H2,1-3H3. The molecule has 1 nitrogen and oxygen atoms in total. The number of rotatable bonds is 3. The van der Waals surface area contributed by atoms with E-state index in [9.17, 15) is 5.11 Å². The molecule has 0 bridgehead atoms. The minimum absolute atomic E-state index is 0.0783. The Morgan fingerprint density at radius 2 is 1.35 bits per heavy atom. The highest BCUT2D eigenvalue weighted by Crippen LogP contribution is 2.30. The van der Waals surface area contributed by atoms with Gasteiger partial charge in [0.1, 0.15) is 5.76 Å². The highest BCUT2D eigenvalue weighted by Gasteiger charge is 2.12. The topological polar surface area (TPSA) is 20.2 Å². The van der Waals surface area contributed by atoms with Crippen molar-refractivity contribution >= 4 is 11.3 Å². The number of aryl methyl sites for hydroxylation is 3. The van der Waals surface area contributed by atoms with Crippen LogP contribution in [-0.2, 0) is 0 Å². The predicted molar refractivity (Wildman–Crippen MR) is 86.9 cm³/mol. The molecule has 0 atom stereocenters. The van der Waals surface area contributed by atoms with Crippen LogP contribution >= 0.6 is 0 Å². The summed E-state index contributed by atoms with van der Waals surface area (Å²) in [5, 5.41) is 9.80. The molecule has 1 N–H and O–H groups in total. The van der Waals surface area contributed by atoms with Gasteiger partial charge in [-0.15, -0.1) is 0 Å². The fourth-order valence-corrected chi connectivity index (χ4v) is 2.46. The smallest absolute Gasteiger partial charge is 0.116 e. The summed E-state index contributed by atoms with van der Waals surface area (Å²) in [6, 6.07) is 12.3. The van der Waals surface area contributed by atoms with Crippen LogP contribution in [0.15, 0.2) is 49.6 Å². The van der Waals surface area contributed by atoms with Crippen LogP contribution in [0, 0.1) is 20.8 Å². The van der Waals surface area contributed by atoms with Gasteiger partial charge in [0.05, 0.1) is 0 Å². The van der Waals surface area contributed by atoms with Crippen molar-refractivity contribution in [3.63, 3.8) is 0 Å². The first-order chi connectivity index (χ1) is 9.40. The van der Waals surface area contributed by atoms with E-state index in [1.807, 2.05) is 25.1 Å². The van der Waals surface area contributed by atoms with Gasteiger partial charge in [-0.1, -0.05) is 54.6 Å². The van der Waals surface area contributed by atoms with E-state index >= 15 is 0 Å². The van der Waals surface area contributed by atoms with Gasteiger partial charge in [-0.2, -0.15) is 0 Å². The molecule has 0 heterocycles. The molecule has 0 aliphatic rings. The largest absolute Gasteiger partial charge is 0.508 e. The van der Waals surface area contributed by atoms with Crippen LogP contribution in [0.25, 0.3) is 11.3 Å². The van der Waals surface area contributed by atoms with E-state index in [2.05, 4.69) is 45.2 Å². The summed E-state index contributed by atoms with van der Waals surface area (Å²) in [6.45, 7) is 14.0. The van der Waals surface area contributed by atoms with Crippen molar-refractivity contribution in [2.45, 2.75) is 20.8 Å². The summed E-state index contributed by atoms with van der Waals surface area (Å²) in [7, 11) is 0. The average Bonchev–Trinajstić information content (AvgIpc) is 2.37. The molecule has 0 aliphatic carbocycles. The van der Waals surface area contributed by atoms with Gasteiger partial charge in [0.25, 0.3) is 0 Å². The van der Waals surface area contributed by atoms with Crippen LogP contribution < -0.4 is 0 Å². The normalized spacial score (nSPS) is 10.3. The highest BCUT2D eigenvalue weighted by molar-refractivity contribution is 5.85. The number of hydrogen-bond acceptors (Lipinski definition) is 1. The van der Waals surface area contributed by atoms with Crippen molar-refractivity contribution in [1.29, 1.82) is 0 Å². The minimum atomic E-state index is 0.0783. The van der Waals surface area contributed by atoms with E-state index in [-0.39, 0.29) is 5.76 Å². The molecule has 0 saturated carbocycles. The molecular formula is C19H20O. The van der Waals surface area contributed by atoms with E-state index in [1.54, 1.807) is 0 Å². The molecule has 0 aliphatic heterocycles. The Morgan fingerprint density at radius 1 is 0.800 bits per heavy atom. The van der Waals surface area contributed by atoms with Gasteiger partial charge in [-0.25, -0.2) is 0 Å². The van der Waals surface area contributed by atoms with Crippen LogP contribution in [0.2, 0.25) is 0 Å². The van der Waals surface area contributed by atoms with Crippen LogP contribution in [0.5, 0.6) is 0 Å². The van der Waals surface area contributed by atoms with Crippen molar-refractivity contribution in [2.24, 2.45) is 0 Å². The second-order valence-corrected chi connectivity index (χ2v) is 5.29. The van der Waals surface area contributed by atoms with E-state index in [4.69, 9.17) is 0 Å². The summed E-state index contributed by atoms with van der Waals surface area (Å²) in [6.07, 6.45) is 0. The predicted octanol–water partition coefficient (Wildman–Crippen LogP) is 5.20. The summed E-state index contributed by atoms with van der Waals surface area (Å²) >= 11 is 0. The Balaban J connectivity index is 2.56. The van der Waals surface area contributed by atoms with Crippen LogP contribution in [0.4, 0.5) is 0 Å². The second kappa shape index (κ2) is 5.38. The first-order valence-electron chi connectivity index (χ1n) is 6.66. The van der Waals surface area contributed by atoms with E-state index in [0.717, 1.165) is 27.8 Å². The molecule has 1 heteroatoms. The first kappa shape index (κ1) is 14.1. The Bertz CT molecular complexity index is 693. The van der Waals surface area contributed by atoms with Gasteiger partial charge in [0.2, 0.25) is 0 Å². The van der Waals surface area contributed by atoms with Crippen molar-refractivity contribution in [2.75, 3.05) is 0 Å². The van der Waals surface area contributed by atoms with Gasteiger partial charge < -0.3 is 5.11 Å². The second-order valence-electron chi connectivity index (χ2n) is 5.29. The SMILES string of the molecule is C=C(O)c1cc(C)ccc1C(=C)c1ccc(C)cc1C. The number of aliphatic hydroxyl groups is 1. The zero-order valence-corrected chi connectivity index (χ0v) is 12.3. The lowest BCUT2D eigenvalue weighted by molar-refractivity contribution is 0.513. The summed E-state index contributed by atoms with van der Waals surface area (Å²) < 4.78 is 0. The van der Waals surface area contributed by atoms with Crippen molar-refractivity contribution in [3.8, 4) is 0 Å². The maximum Gasteiger partial charge on any atom is 0.116 e. The van der Waals surface area contributed by atoms with E-state index in [1.165, 1.54) is 11.1 Å². The number of hydrogen-bond donors (Lipinski definition) is 1. The van der Waals surface area contributed by atoms with Gasteiger partial charge in [0.15, 0.2) is 0 Å². The Hall–Kier alpha value is -2.28. The molecule has 2 aromatic rings. The van der Waals surface area contributed by atoms with Crippen LogP contribution in [-0.4, -0.2) is 5.11 Å². The zero-order chi connectivity index (χ0) is 14.9. The fraction of sp³-hybridized carbons (Fsp3) is 0.158. The van der Waals surface area contributed by atoms with Gasteiger partial charge >= 0.3 is 0 Å². The molecule has 0 saturated heterocycles. The first-order valence-corrected chi connectivity index (χ1v) is 6.66. The Kier molecular flexibility index (Phi) is 3.80. The third-order valence-corrected chi connectivity index (χ3v) is 3.52. The Labute approximate surface area is 120 Å². The van der Waals surface area contributed by atoms with Crippen LogP contribution in [0.3, 0.4) is 0 Å². The molecule has 0 spiro atoms. The summed E-state index contributed by atoms with van der Waals surface area (Å²) in [5.74, 6) is 0.0783. The molecule has 2 rings (SSSR count). The monoisotopic (exact) mass is 264 g/mol. The Morgan fingerprint density at radius 3 is 1.90 bits per heavy atom.